The van der Waals surface area contributed by atoms with Gasteiger partial charge in [-0.2, -0.15) is 0 Å². The zero-order valence-corrected chi connectivity index (χ0v) is 16.4. The molecule has 0 spiro atoms. The van der Waals surface area contributed by atoms with Crippen LogP contribution in [0.4, 0.5) is 5.95 Å². The number of hydrogen-bond donors (Lipinski definition) is 2. The van der Waals surface area contributed by atoms with Crippen LogP contribution in [0.15, 0.2) is 47.1 Å². The number of benzene rings is 1. The van der Waals surface area contributed by atoms with Crippen LogP contribution in [0, 0.1) is 0 Å². The van der Waals surface area contributed by atoms with E-state index in [1.165, 1.54) is 11.3 Å². The molecule has 1 aromatic carbocycles. The fraction of sp³-hybridized carbons (Fsp3) is 0.400. The molecule has 136 valence electrons. The largest absolute Gasteiger partial charge is 0.393 e. The van der Waals surface area contributed by atoms with Crippen LogP contribution < -0.4 is 5.32 Å². The van der Waals surface area contributed by atoms with E-state index in [9.17, 15) is 5.11 Å². The quantitative estimate of drug-likeness (QED) is 0.650. The summed E-state index contributed by atoms with van der Waals surface area (Å²) in [5, 5.41) is 17.9. The Morgan fingerprint density at radius 3 is 2.65 bits per heavy atom. The van der Waals surface area contributed by atoms with Crippen LogP contribution >= 0.6 is 15.9 Å². The molecule has 2 aromatic heterocycles. The van der Waals surface area contributed by atoms with Crippen LogP contribution in [0.1, 0.15) is 55.8 Å². The van der Waals surface area contributed by atoms with E-state index in [0.717, 1.165) is 35.7 Å². The summed E-state index contributed by atoms with van der Waals surface area (Å²) >= 11 is 3.64. The second-order valence-corrected chi connectivity index (χ2v) is 7.93. The van der Waals surface area contributed by atoms with Gasteiger partial charge < -0.3 is 10.4 Å². The first-order valence-corrected chi connectivity index (χ1v) is 9.95. The van der Waals surface area contributed by atoms with Crippen molar-refractivity contribution in [3.8, 4) is 0 Å². The lowest BCUT2D eigenvalue weighted by Crippen LogP contribution is -2.18. The van der Waals surface area contributed by atoms with Crippen molar-refractivity contribution < 1.29 is 5.11 Å². The summed E-state index contributed by atoms with van der Waals surface area (Å²) in [6.45, 7) is 2.11. The second kappa shape index (κ2) is 7.37. The molecule has 1 atom stereocenters. The molecule has 6 heteroatoms. The number of nitrogens with zero attached hydrogens (tertiary/aromatic N) is 3. The van der Waals surface area contributed by atoms with E-state index in [2.05, 4.69) is 51.4 Å². The highest BCUT2D eigenvalue weighted by molar-refractivity contribution is 9.10. The van der Waals surface area contributed by atoms with Gasteiger partial charge in [0.05, 0.1) is 23.9 Å². The SMILES string of the molecule is C[C@@H](Nc1ncc2c(Br)cc(C3CCC(O)CC3)n2n1)c1ccccc1. The highest BCUT2D eigenvalue weighted by Crippen LogP contribution is 2.36. The van der Waals surface area contributed by atoms with Crippen LogP contribution in [-0.4, -0.2) is 25.8 Å². The first-order valence-electron chi connectivity index (χ1n) is 9.15. The molecule has 1 aliphatic rings. The molecule has 1 saturated carbocycles. The van der Waals surface area contributed by atoms with Gasteiger partial charge in [0, 0.05) is 16.1 Å². The van der Waals surface area contributed by atoms with Gasteiger partial charge in [0.25, 0.3) is 0 Å². The Balaban J connectivity index is 1.62. The average molecular weight is 415 g/mol. The standard InChI is InChI=1S/C20H23BrN4O/c1-13(14-5-3-2-4-6-14)23-20-22-12-19-17(21)11-18(25(19)24-20)15-7-9-16(26)10-8-15/h2-6,11-13,15-16,26H,7-10H2,1H3,(H,23,24)/t13-,15?,16?/m1/s1. The summed E-state index contributed by atoms with van der Waals surface area (Å²) in [6.07, 6.45) is 5.41. The summed E-state index contributed by atoms with van der Waals surface area (Å²) in [4.78, 5) is 4.49. The molecule has 0 aliphatic heterocycles. The zero-order chi connectivity index (χ0) is 18.1. The molecule has 1 aliphatic carbocycles. The molecule has 0 amide bonds. The van der Waals surface area contributed by atoms with Crippen LogP contribution in [0.25, 0.3) is 5.52 Å². The van der Waals surface area contributed by atoms with Gasteiger partial charge in [0.15, 0.2) is 0 Å². The van der Waals surface area contributed by atoms with E-state index >= 15 is 0 Å². The fourth-order valence-electron chi connectivity index (χ4n) is 3.72. The number of nitrogens with one attached hydrogen (secondary N) is 1. The van der Waals surface area contributed by atoms with Crippen molar-refractivity contribution in [2.75, 3.05) is 5.32 Å². The lowest BCUT2D eigenvalue weighted by Gasteiger charge is -2.25. The van der Waals surface area contributed by atoms with E-state index in [1.807, 2.05) is 28.9 Å². The molecule has 0 unspecified atom stereocenters. The number of aromatic nitrogens is 3. The van der Waals surface area contributed by atoms with Gasteiger partial charge in [-0.25, -0.2) is 9.50 Å². The van der Waals surface area contributed by atoms with Crippen molar-refractivity contribution in [1.82, 2.24) is 14.6 Å². The van der Waals surface area contributed by atoms with Gasteiger partial charge in [-0.05, 0) is 60.2 Å². The molecule has 2 heterocycles. The number of aliphatic hydroxyl groups is 1. The Morgan fingerprint density at radius 1 is 1.19 bits per heavy atom. The van der Waals surface area contributed by atoms with Gasteiger partial charge in [0.1, 0.15) is 0 Å². The number of hydrogen-bond acceptors (Lipinski definition) is 4. The first kappa shape index (κ1) is 17.5. The Bertz CT molecular complexity index is 887. The van der Waals surface area contributed by atoms with Gasteiger partial charge in [-0.15, -0.1) is 5.10 Å². The Hall–Kier alpha value is -1.92. The van der Waals surface area contributed by atoms with Gasteiger partial charge in [0.2, 0.25) is 5.95 Å². The molecule has 1 fully saturated rings. The first-order chi connectivity index (χ1) is 12.6. The van der Waals surface area contributed by atoms with Crippen LogP contribution in [0.5, 0.6) is 0 Å². The maximum atomic E-state index is 9.79. The van der Waals surface area contributed by atoms with E-state index < -0.39 is 0 Å². The second-order valence-electron chi connectivity index (χ2n) is 7.08. The van der Waals surface area contributed by atoms with Crippen LogP contribution in [0.3, 0.4) is 0 Å². The van der Waals surface area contributed by atoms with E-state index in [0.29, 0.717) is 11.9 Å². The lowest BCUT2D eigenvalue weighted by atomic mass is 9.85. The minimum atomic E-state index is -0.153. The summed E-state index contributed by atoms with van der Waals surface area (Å²) in [5.74, 6) is 1.04. The zero-order valence-electron chi connectivity index (χ0n) is 14.8. The number of rotatable bonds is 4. The number of fused-ring (bicyclic) bond motifs is 1. The maximum absolute atomic E-state index is 9.79. The summed E-state index contributed by atoms with van der Waals surface area (Å²) in [5.41, 5.74) is 3.37. The van der Waals surface area contributed by atoms with E-state index in [4.69, 9.17) is 5.10 Å². The summed E-state index contributed by atoms with van der Waals surface area (Å²) < 4.78 is 3.01. The third-order valence-corrected chi connectivity index (χ3v) is 5.89. The third kappa shape index (κ3) is 3.48. The van der Waals surface area contributed by atoms with Gasteiger partial charge in [-0.1, -0.05) is 30.3 Å². The molecule has 0 saturated heterocycles. The number of halogens is 1. The van der Waals surface area contributed by atoms with Crippen molar-refractivity contribution in [3.05, 3.63) is 58.3 Å². The predicted molar refractivity (Wildman–Crippen MR) is 106 cm³/mol. The summed E-state index contributed by atoms with van der Waals surface area (Å²) in [6, 6.07) is 12.6. The van der Waals surface area contributed by atoms with Crippen LogP contribution in [-0.2, 0) is 0 Å². The number of aliphatic hydroxyl groups excluding tert-OH is 1. The predicted octanol–water partition coefficient (Wildman–Crippen LogP) is 4.68. The minimum absolute atomic E-state index is 0.126. The average Bonchev–Trinajstić information content (AvgIpc) is 2.99. The summed E-state index contributed by atoms with van der Waals surface area (Å²) in [7, 11) is 0. The molecule has 2 N–H and O–H groups in total. The van der Waals surface area contributed by atoms with Gasteiger partial charge >= 0.3 is 0 Å². The third-order valence-electron chi connectivity index (χ3n) is 5.26. The number of anilines is 1. The Kier molecular flexibility index (Phi) is 4.96. The highest BCUT2D eigenvalue weighted by atomic mass is 79.9. The smallest absolute Gasteiger partial charge is 0.241 e. The maximum Gasteiger partial charge on any atom is 0.241 e. The molecule has 0 bridgehead atoms. The normalized spacial score (nSPS) is 21.7. The Labute approximate surface area is 161 Å². The minimum Gasteiger partial charge on any atom is -0.393 e. The molecular weight excluding hydrogens is 392 g/mol. The van der Waals surface area contributed by atoms with Crippen molar-refractivity contribution in [2.24, 2.45) is 0 Å². The lowest BCUT2D eigenvalue weighted by molar-refractivity contribution is 0.121. The van der Waals surface area contributed by atoms with Crippen LogP contribution in [0.2, 0.25) is 0 Å². The molecule has 3 aromatic rings. The molecule has 5 nitrogen and oxygen atoms in total. The van der Waals surface area contributed by atoms with E-state index in [1.54, 1.807) is 0 Å². The van der Waals surface area contributed by atoms with E-state index in [-0.39, 0.29) is 12.1 Å². The van der Waals surface area contributed by atoms with Gasteiger partial charge in [-0.3, -0.25) is 0 Å². The Morgan fingerprint density at radius 2 is 1.92 bits per heavy atom. The van der Waals surface area contributed by atoms with Crippen molar-refractivity contribution >= 4 is 27.4 Å². The molecule has 0 radical (unpaired) electrons. The van der Waals surface area contributed by atoms with Crippen molar-refractivity contribution in [1.29, 1.82) is 0 Å². The highest BCUT2D eigenvalue weighted by Gasteiger charge is 2.24. The van der Waals surface area contributed by atoms with Crippen molar-refractivity contribution in [2.45, 2.75) is 50.7 Å². The fourth-order valence-corrected chi connectivity index (χ4v) is 4.23. The van der Waals surface area contributed by atoms with Crippen molar-refractivity contribution in [3.63, 3.8) is 0 Å². The monoisotopic (exact) mass is 414 g/mol. The molecular formula is C20H23BrN4O. The topological polar surface area (TPSA) is 62.5 Å². The molecule has 26 heavy (non-hydrogen) atoms. The molecule has 4 rings (SSSR count).